The molecule has 2 rings (SSSR count). The number of benzene rings is 1. The van der Waals surface area contributed by atoms with Crippen molar-refractivity contribution in [3.05, 3.63) is 23.8 Å². The Labute approximate surface area is 125 Å². The summed E-state index contributed by atoms with van der Waals surface area (Å²) in [6.45, 7) is 2.36. The molecule has 0 aromatic heterocycles. The zero-order valence-corrected chi connectivity index (χ0v) is 13.1. The number of carbonyl (C=O) groups excluding carboxylic acids is 1. The van der Waals surface area contributed by atoms with E-state index in [1.165, 1.54) is 6.92 Å². The van der Waals surface area contributed by atoms with Crippen LogP contribution in [-0.2, 0) is 21.1 Å². The Morgan fingerprint density at radius 3 is 2.75 bits per heavy atom. The van der Waals surface area contributed by atoms with Crippen molar-refractivity contribution in [3.8, 4) is 0 Å². The Bertz CT molecular complexity index is 602. The molecule has 20 heavy (non-hydrogen) atoms. The van der Waals surface area contributed by atoms with Gasteiger partial charge in [0.05, 0.1) is 0 Å². The van der Waals surface area contributed by atoms with Gasteiger partial charge in [-0.25, -0.2) is 8.42 Å². The summed E-state index contributed by atoms with van der Waals surface area (Å²) in [5, 5.41) is 4.89. The molecule has 112 valence electrons. The first kappa shape index (κ1) is 16.8. The number of aryl methyl sites for hydroxylation is 1. The zero-order chi connectivity index (χ0) is 14.0. The Balaban J connectivity index is 0.00000200. The number of amides is 1. The summed E-state index contributed by atoms with van der Waals surface area (Å²) in [7, 11) is -3.36. The van der Waals surface area contributed by atoms with Gasteiger partial charge in [-0.3, -0.25) is 4.79 Å². The first-order chi connectivity index (χ1) is 8.88. The van der Waals surface area contributed by atoms with Crippen molar-refractivity contribution in [3.63, 3.8) is 0 Å². The number of halogens is 1. The van der Waals surface area contributed by atoms with Crippen molar-refractivity contribution in [1.29, 1.82) is 0 Å². The number of anilines is 2. The molecular formula is C13H19ClN2O3S. The first-order valence-electron chi connectivity index (χ1n) is 6.24. The van der Waals surface area contributed by atoms with E-state index in [4.69, 9.17) is 0 Å². The van der Waals surface area contributed by atoms with Gasteiger partial charge in [-0.2, -0.15) is 0 Å². The van der Waals surface area contributed by atoms with Crippen LogP contribution in [0.15, 0.2) is 18.2 Å². The topological polar surface area (TPSA) is 75.3 Å². The van der Waals surface area contributed by atoms with Crippen LogP contribution in [0.4, 0.5) is 11.4 Å². The lowest BCUT2D eigenvalue weighted by molar-refractivity contribution is -0.115. The van der Waals surface area contributed by atoms with Crippen LogP contribution in [-0.4, -0.2) is 32.4 Å². The molecule has 1 aromatic rings. The molecule has 0 radical (unpaired) electrons. The minimum Gasteiger partial charge on any atom is -0.385 e. The maximum Gasteiger partial charge on any atom is 0.242 e. The molecule has 1 aromatic carbocycles. The third kappa shape index (κ3) is 3.86. The van der Waals surface area contributed by atoms with Crippen molar-refractivity contribution in [2.75, 3.05) is 23.4 Å². The fourth-order valence-electron chi connectivity index (χ4n) is 1.99. The maximum atomic E-state index is 11.8. The minimum atomic E-state index is -3.36. The van der Waals surface area contributed by atoms with Crippen molar-refractivity contribution in [1.82, 2.24) is 0 Å². The molecule has 1 aliphatic heterocycles. The number of hydrogen-bond donors (Lipinski definition) is 2. The van der Waals surface area contributed by atoms with Gasteiger partial charge in [-0.05, 0) is 43.5 Å². The van der Waals surface area contributed by atoms with E-state index in [1.54, 1.807) is 6.07 Å². The summed E-state index contributed by atoms with van der Waals surface area (Å²) in [6.07, 6.45) is 3.09. The van der Waals surface area contributed by atoms with Crippen LogP contribution in [0.5, 0.6) is 0 Å². The molecule has 0 spiro atoms. The summed E-state index contributed by atoms with van der Waals surface area (Å²) < 4.78 is 22.6. The highest BCUT2D eigenvalue weighted by Crippen LogP contribution is 2.25. The smallest absolute Gasteiger partial charge is 0.242 e. The molecule has 1 unspecified atom stereocenters. The lowest BCUT2D eigenvalue weighted by atomic mass is 10.0. The lowest BCUT2D eigenvalue weighted by Gasteiger charge is -2.19. The van der Waals surface area contributed by atoms with Crippen LogP contribution in [0, 0.1) is 0 Å². The predicted molar refractivity (Wildman–Crippen MR) is 83.4 cm³/mol. The zero-order valence-electron chi connectivity index (χ0n) is 11.5. The van der Waals surface area contributed by atoms with Crippen LogP contribution in [0.2, 0.25) is 0 Å². The molecule has 7 heteroatoms. The quantitative estimate of drug-likeness (QED) is 0.891. The van der Waals surface area contributed by atoms with Gasteiger partial charge >= 0.3 is 0 Å². The normalized spacial score (nSPS) is 15.3. The average molecular weight is 319 g/mol. The maximum absolute atomic E-state index is 11.8. The van der Waals surface area contributed by atoms with E-state index in [9.17, 15) is 13.2 Å². The molecule has 2 N–H and O–H groups in total. The Kier molecular flexibility index (Phi) is 5.42. The highest BCUT2D eigenvalue weighted by atomic mass is 35.5. The Morgan fingerprint density at radius 1 is 1.40 bits per heavy atom. The van der Waals surface area contributed by atoms with Crippen LogP contribution in [0.1, 0.15) is 18.9 Å². The Hall–Kier alpha value is -1.27. The SMILES string of the molecule is CC(C(=O)Nc1ccc2c(c1)CCCN2)S(C)(=O)=O.Cl. The van der Waals surface area contributed by atoms with Crippen LogP contribution in [0.3, 0.4) is 0 Å². The molecule has 0 aliphatic carbocycles. The fraction of sp³-hybridized carbons (Fsp3) is 0.462. The number of carbonyl (C=O) groups is 1. The molecule has 1 atom stereocenters. The van der Waals surface area contributed by atoms with Gasteiger partial charge in [0, 0.05) is 24.2 Å². The fourth-order valence-corrected chi connectivity index (χ4v) is 2.44. The van der Waals surface area contributed by atoms with Crippen molar-refractivity contribution < 1.29 is 13.2 Å². The van der Waals surface area contributed by atoms with Gasteiger partial charge in [0.1, 0.15) is 5.25 Å². The number of nitrogens with one attached hydrogen (secondary N) is 2. The number of sulfone groups is 1. The first-order valence-corrected chi connectivity index (χ1v) is 8.20. The molecule has 0 fully saturated rings. The van der Waals surface area contributed by atoms with Crippen molar-refractivity contribution in [2.24, 2.45) is 0 Å². The number of fused-ring (bicyclic) bond motifs is 1. The second-order valence-corrected chi connectivity index (χ2v) is 7.23. The third-order valence-electron chi connectivity index (χ3n) is 3.32. The Morgan fingerprint density at radius 2 is 2.10 bits per heavy atom. The van der Waals surface area contributed by atoms with Crippen molar-refractivity contribution in [2.45, 2.75) is 25.0 Å². The molecular weight excluding hydrogens is 300 g/mol. The van der Waals surface area contributed by atoms with E-state index in [1.807, 2.05) is 12.1 Å². The summed E-state index contributed by atoms with van der Waals surface area (Å²) in [4.78, 5) is 11.8. The van der Waals surface area contributed by atoms with E-state index in [2.05, 4.69) is 10.6 Å². The molecule has 1 aliphatic rings. The van der Waals surface area contributed by atoms with Crippen LogP contribution >= 0.6 is 12.4 Å². The molecule has 1 amide bonds. The number of hydrogen-bond acceptors (Lipinski definition) is 4. The van der Waals surface area contributed by atoms with Crippen molar-refractivity contribution >= 4 is 39.5 Å². The van der Waals surface area contributed by atoms with Gasteiger partial charge < -0.3 is 10.6 Å². The molecule has 0 bridgehead atoms. The van der Waals surface area contributed by atoms with E-state index in [0.29, 0.717) is 5.69 Å². The second kappa shape index (κ2) is 6.45. The molecule has 0 saturated carbocycles. The third-order valence-corrected chi connectivity index (χ3v) is 4.82. The van der Waals surface area contributed by atoms with Gasteiger partial charge in [-0.15, -0.1) is 12.4 Å². The van der Waals surface area contributed by atoms with E-state index in [-0.39, 0.29) is 12.4 Å². The minimum absolute atomic E-state index is 0. The van der Waals surface area contributed by atoms with Gasteiger partial charge in [0.25, 0.3) is 0 Å². The standard InChI is InChI=1S/C13H18N2O3S.ClH/c1-9(19(2,17)18)13(16)15-11-5-6-12-10(8-11)4-3-7-14-12;/h5-6,8-9,14H,3-4,7H2,1-2H3,(H,15,16);1H. The largest absolute Gasteiger partial charge is 0.385 e. The molecule has 5 nitrogen and oxygen atoms in total. The van der Waals surface area contributed by atoms with E-state index in [0.717, 1.165) is 36.9 Å². The average Bonchev–Trinajstić information content (AvgIpc) is 2.36. The highest BCUT2D eigenvalue weighted by Gasteiger charge is 2.23. The summed E-state index contributed by atoms with van der Waals surface area (Å²) in [5.74, 6) is -0.494. The monoisotopic (exact) mass is 318 g/mol. The summed E-state index contributed by atoms with van der Waals surface area (Å²) >= 11 is 0. The van der Waals surface area contributed by atoms with E-state index < -0.39 is 21.0 Å². The lowest BCUT2D eigenvalue weighted by Crippen LogP contribution is -2.31. The predicted octanol–water partition coefficient (Wildman–Crippen LogP) is 1.84. The molecule has 1 heterocycles. The van der Waals surface area contributed by atoms with Crippen LogP contribution in [0.25, 0.3) is 0 Å². The summed E-state index contributed by atoms with van der Waals surface area (Å²) in [5.41, 5.74) is 2.87. The molecule has 0 saturated heterocycles. The van der Waals surface area contributed by atoms with E-state index >= 15 is 0 Å². The number of rotatable bonds is 3. The van der Waals surface area contributed by atoms with Gasteiger partial charge in [-0.1, -0.05) is 0 Å². The van der Waals surface area contributed by atoms with Crippen LogP contribution < -0.4 is 10.6 Å². The second-order valence-electron chi connectivity index (χ2n) is 4.86. The van der Waals surface area contributed by atoms with Gasteiger partial charge in [0.15, 0.2) is 9.84 Å². The summed E-state index contributed by atoms with van der Waals surface area (Å²) in [6, 6.07) is 5.59. The highest BCUT2D eigenvalue weighted by molar-refractivity contribution is 7.92. The van der Waals surface area contributed by atoms with Gasteiger partial charge in [0.2, 0.25) is 5.91 Å².